The summed E-state index contributed by atoms with van der Waals surface area (Å²) in [6.45, 7) is 1.69. The van der Waals surface area contributed by atoms with Gasteiger partial charge < -0.3 is 15.2 Å². The van der Waals surface area contributed by atoms with Crippen molar-refractivity contribution in [2.45, 2.75) is 67.5 Å². The lowest BCUT2D eigenvalue weighted by Gasteiger charge is -2.45. The van der Waals surface area contributed by atoms with Crippen LogP contribution in [0.4, 0.5) is 19.9 Å². The van der Waals surface area contributed by atoms with E-state index in [-0.39, 0.29) is 62.7 Å². The van der Waals surface area contributed by atoms with Crippen molar-refractivity contribution < 1.29 is 39.4 Å². The summed E-state index contributed by atoms with van der Waals surface area (Å²) in [5.74, 6) is -2.22. The fourth-order valence-corrected chi connectivity index (χ4v) is 7.62. The van der Waals surface area contributed by atoms with Crippen LogP contribution in [-0.2, 0) is 16.1 Å². The van der Waals surface area contributed by atoms with E-state index in [4.69, 9.17) is 4.74 Å². The smallest absolute Gasteiger partial charge is 0.338 e. The molecule has 1 amide bonds. The number of hydrogen-bond acceptors (Lipinski definition) is 4. The molecule has 2 aromatic rings. The molecule has 2 saturated heterocycles. The van der Waals surface area contributed by atoms with Crippen LogP contribution in [0, 0.1) is 11.7 Å². The van der Waals surface area contributed by atoms with Gasteiger partial charge in [0.1, 0.15) is 11.4 Å². The van der Waals surface area contributed by atoms with Gasteiger partial charge in [0.25, 0.3) is 5.91 Å². The number of piperidine rings is 1. The molecule has 0 spiro atoms. The number of rotatable bonds is 8. The number of carboxylic acids is 1. The summed E-state index contributed by atoms with van der Waals surface area (Å²) in [5.41, 5.74) is -0.389. The predicted octanol–water partition coefficient (Wildman–Crippen LogP) is 7.47. The van der Waals surface area contributed by atoms with Gasteiger partial charge in [-0.15, -0.1) is 15.5 Å². The molecule has 2 N–H and O–H groups in total. The normalized spacial score (nSPS) is 26.1. The van der Waals surface area contributed by atoms with Gasteiger partial charge in [-0.3, -0.25) is 9.69 Å². The van der Waals surface area contributed by atoms with Crippen LogP contribution in [0.25, 0.3) is 0 Å². The van der Waals surface area contributed by atoms with Crippen LogP contribution in [0.1, 0.15) is 65.9 Å². The summed E-state index contributed by atoms with van der Waals surface area (Å²) in [6.07, 6.45) is 4.46. The van der Waals surface area contributed by atoms with Crippen molar-refractivity contribution in [2.75, 3.05) is 19.7 Å². The summed E-state index contributed by atoms with van der Waals surface area (Å²) in [6, 6.07) is 8.37. The Morgan fingerprint density at radius 3 is 2.34 bits per heavy atom. The van der Waals surface area contributed by atoms with Crippen LogP contribution in [0.15, 0.2) is 47.4 Å². The van der Waals surface area contributed by atoms with Crippen molar-refractivity contribution in [3.8, 4) is 0 Å². The Hall–Kier alpha value is -1.97. The van der Waals surface area contributed by atoms with Crippen molar-refractivity contribution >= 4 is 40.1 Å². The minimum atomic E-state index is -8.36. The highest BCUT2D eigenvalue weighted by atomic mass is 127. The molecule has 5 rings (SSSR count). The van der Waals surface area contributed by atoms with E-state index in [1.165, 1.54) is 18.2 Å². The zero-order valence-electron chi connectivity index (χ0n) is 22.1. The van der Waals surface area contributed by atoms with Gasteiger partial charge in [0.15, 0.2) is 0 Å². The Balaban J connectivity index is 1.17. The number of hydrogen-bond donors (Lipinski definition) is 2. The molecule has 41 heavy (non-hydrogen) atoms. The molecule has 6 nitrogen and oxygen atoms in total. The number of nitrogens with one attached hydrogen (secondary N) is 1. The summed E-state index contributed by atoms with van der Waals surface area (Å²) in [5, 5.41) is 12.0. The number of nitrogens with zero attached hydrogens (tertiary/aromatic N) is 1. The highest BCUT2D eigenvalue weighted by molar-refractivity contribution is 14.2. The van der Waals surface area contributed by atoms with Gasteiger partial charge in [-0.1, -0.05) is 18.2 Å². The van der Waals surface area contributed by atoms with E-state index in [9.17, 15) is 34.6 Å². The van der Waals surface area contributed by atoms with E-state index < -0.39 is 29.3 Å². The van der Waals surface area contributed by atoms with E-state index in [0.29, 0.717) is 19.1 Å². The number of halogens is 6. The molecular formula is C28H32F5IN2O4S. The molecule has 0 radical (unpaired) electrons. The van der Waals surface area contributed by atoms with E-state index >= 15 is 0 Å². The summed E-state index contributed by atoms with van der Waals surface area (Å²) >= 11 is -0.0426. The molecule has 1 aliphatic carbocycles. The fraction of sp³-hybridized carbons (Fsp3) is 0.500. The summed E-state index contributed by atoms with van der Waals surface area (Å²) in [7, 11) is -8.36. The third-order valence-electron chi connectivity index (χ3n) is 8.54. The molecule has 0 bridgehead atoms. The molecule has 2 aromatic carbocycles. The zero-order chi connectivity index (χ0) is 29.7. The molecule has 0 aromatic heterocycles. The summed E-state index contributed by atoms with van der Waals surface area (Å²) in [4.78, 5) is 25.6. The van der Waals surface area contributed by atoms with Crippen molar-refractivity contribution in [1.82, 2.24) is 10.2 Å². The maximum atomic E-state index is 13.9. The topological polar surface area (TPSA) is 78.9 Å². The molecule has 2 aliphatic heterocycles. The third kappa shape index (κ3) is 6.83. The second-order valence-corrected chi connectivity index (χ2v) is 19.0. The van der Waals surface area contributed by atoms with Gasteiger partial charge in [0.05, 0.1) is 38.3 Å². The lowest BCUT2D eigenvalue weighted by molar-refractivity contribution is -0.165. The lowest BCUT2D eigenvalue weighted by atomic mass is 9.84. The van der Waals surface area contributed by atoms with Gasteiger partial charge in [-0.05, 0) is 98.8 Å². The van der Waals surface area contributed by atoms with Crippen molar-refractivity contribution in [1.29, 1.82) is 0 Å². The van der Waals surface area contributed by atoms with Crippen molar-refractivity contribution in [3.63, 3.8) is 0 Å². The van der Waals surface area contributed by atoms with Gasteiger partial charge in [0, 0.05) is 12.6 Å². The largest absolute Gasteiger partial charge is 0.478 e. The number of carbonyl (C=O) groups is 2. The highest BCUT2D eigenvalue weighted by Crippen LogP contribution is 3.06. The second kappa shape index (κ2) is 10.3. The quantitative estimate of drug-likeness (QED) is 0.219. The molecule has 13 heteroatoms. The van der Waals surface area contributed by atoms with Crippen LogP contribution in [-0.4, -0.2) is 53.2 Å². The molecule has 0 unspecified atom stereocenters. The van der Waals surface area contributed by atoms with E-state index in [1.807, 2.05) is 0 Å². The van der Waals surface area contributed by atoms with Crippen LogP contribution in [0.5, 0.6) is 0 Å². The third-order valence-corrected chi connectivity index (χ3v) is 11.2. The Kier molecular flexibility index (Phi) is 7.69. The average Bonchev–Trinajstić information content (AvgIpc) is 3.77. The maximum absolute atomic E-state index is 13.9. The number of amides is 1. The number of ether oxygens (including phenoxy) is 1. The minimum absolute atomic E-state index is 0.0426. The SMILES string of the molecule is O=C(O)c1cc(C2CCN([C@@H]3CC[C@@](C(=O)NCc4cccc(S(F)(F)(F)(F)I)c4)(C4CC4)OC3)CC2)ccc1F. The Bertz CT molecular complexity index is 1340. The number of carbonyl (C=O) groups excluding carboxylic acids is 1. The average molecular weight is 715 g/mol. The van der Waals surface area contributed by atoms with E-state index in [1.54, 1.807) is 6.07 Å². The molecule has 1 saturated carbocycles. The van der Waals surface area contributed by atoms with Gasteiger partial charge in [0.2, 0.25) is 7.01 Å². The van der Waals surface area contributed by atoms with Gasteiger partial charge in [-0.25, -0.2) is 9.18 Å². The van der Waals surface area contributed by atoms with Crippen LogP contribution in [0.3, 0.4) is 0 Å². The first-order valence-corrected chi connectivity index (χ1v) is 18.2. The first-order valence-electron chi connectivity index (χ1n) is 13.6. The van der Waals surface area contributed by atoms with Crippen molar-refractivity contribution in [2.24, 2.45) is 5.92 Å². The molecular weight excluding hydrogens is 682 g/mol. The standard InChI is InChI=1S/C28H32F5IN2O4S/c29-25-7-4-20(15-24(25)26(37)38)19-9-12-36(13-10-19)22-8-11-28(40-17-22,21-5-6-21)27(39)35-16-18-2-1-3-23(14-18)41(30,31,32,33)34/h1-4,7,14-15,19,21-22H,5-6,8-13,16-17H2,(H,35,39)(H,37,38)/t22-,28+/m1/s1. The molecule has 3 fully saturated rings. The Morgan fingerprint density at radius 1 is 1.05 bits per heavy atom. The number of benzene rings is 2. The second-order valence-electron chi connectivity index (χ2n) is 11.3. The monoisotopic (exact) mass is 714 g/mol. The molecule has 2 heterocycles. The van der Waals surface area contributed by atoms with E-state index in [2.05, 4.69) is 10.2 Å². The number of carboxylic acid groups (broad SMARTS) is 1. The Labute approximate surface area is 247 Å². The number of aromatic carboxylic acids is 1. The Morgan fingerprint density at radius 2 is 1.76 bits per heavy atom. The first kappa shape index (κ1) is 30.5. The molecule has 3 aliphatic rings. The number of likely N-dealkylation sites (tertiary alicyclic amines) is 1. The molecule has 2 atom stereocenters. The zero-order valence-corrected chi connectivity index (χ0v) is 25.1. The highest BCUT2D eigenvalue weighted by Gasteiger charge is 2.62. The van der Waals surface area contributed by atoms with E-state index in [0.717, 1.165) is 62.9 Å². The lowest BCUT2D eigenvalue weighted by Crippen LogP contribution is -2.57. The maximum Gasteiger partial charge on any atom is 0.338 e. The van der Waals surface area contributed by atoms with Crippen LogP contribution < -0.4 is 5.32 Å². The summed E-state index contributed by atoms with van der Waals surface area (Å²) < 4.78 is 75.5. The molecule has 226 valence electrons. The van der Waals surface area contributed by atoms with Gasteiger partial charge in [-0.2, -0.15) is 0 Å². The van der Waals surface area contributed by atoms with Gasteiger partial charge >= 0.3 is 5.97 Å². The predicted molar refractivity (Wildman–Crippen MR) is 154 cm³/mol. The van der Waals surface area contributed by atoms with Crippen LogP contribution in [0.2, 0.25) is 0 Å². The van der Waals surface area contributed by atoms with Crippen LogP contribution >= 0.6 is 28.2 Å². The fourth-order valence-electron chi connectivity index (χ4n) is 6.09. The van der Waals surface area contributed by atoms with Crippen molar-refractivity contribution in [3.05, 3.63) is 65.0 Å². The minimum Gasteiger partial charge on any atom is -0.478 e. The first-order chi connectivity index (χ1) is 19.1.